The first-order valence-corrected chi connectivity index (χ1v) is 10.4. The van der Waals surface area contributed by atoms with Crippen LogP contribution in [0.2, 0.25) is 10.0 Å². The summed E-state index contributed by atoms with van der Waals surface area (Å²) in [5.74, 6) is 0.630. The number of nitrogens with one attached hydrogen (secondary N) is 1. The maximum Gasteiger partial charge on any atom is 0.250 e. The average Bonchev–Trinajstić information content (AvgIpc) is 2.62. The first-order chi connectivity index (χ1) is 12.7. The standard InChI is InChI=1S/C17H18Cl5N5/c18-11-5-4-10(8-12(11)19)13-25-14(17(20,21)22)27-15(26-13)24-9-16(23)6-2-1-3-7-16/h4-5,8H,1-3,6-7,9,23H2,(H,24,25,26,27). The Kier molecular flexibility index (Phi) is 6.61. The molecule has 0 atom stereocenters. The topological polar surface area (TPSA) is 76.7 Å². The Bertz CT molecular complexity index is 818. The van der Waals surface area contributed by atoms with Crippen molar-refractivity contribution in [1.29, 1.82) is 0 Å². The van der Waals surface area contributed by atoms with Gasteiger partial charge in [0.15, 0.2) is 11.6 Å². The normalized spacial score (nSPS) is 17.0. The van der Waals surface area contributed by atoms with Crippen molar-refractivity contribution in [1.82, 2.24) is 15.0 Å². The summed E-state index contributed by atoms with van der Waals surface area (Å²) in [6.07, 6.45) is 5.33. The molecule has 0 unspecified atom stereocenters. The van der Waals surface area contributed by atoms with Crippen molar-refractivity contribution in [2.24, 2.45) is 5.73 Å². The summed E-state index contributed by atoms with van der Waals surface area (Å²) in [6.45, 7) is 0.525. The second-order valence-electron chi connectivity index (χ2n) is 6.71. The molecule has 0 amide bonds. The third kappa shape index (κ3) is 5.49. The van der Waals surface area contributed by atoms with Crippen LogP contribution in [0.15, 0.2) is 18.2 Å². The largest absolute Gasteiger partial charge is 0.352 e. The SMILES string of the molecule is NC1(CNc2nc(-c3ccc(Cl)c(Cl)c3)nc(C(Cl)(Cl)Cl)n2)CCCCC1. The van der Waals surface area contributed by atoms with Gasteiger partial charge < -0.3 is 11.1 Å². The van der Waals surface area contributed by atoms with Crippen LogP contribution in [0.5, 0.6) is 0 Å². The molecule has 146 valence electrons. The smallest absolute Gasteiger partial charge is 0.250 e. The molecule has 1 aromatic heterocycles. The number of anilines is 1. The molecule has 1 heterocycles. The van der Waals surface area contributed by atoms with E-state index in [1.807, 2.05) is 0 Å². The van der Waals surface area contributed by atoms with Crippen LogP contribution in [-0.2, 0) is 3.79 Å². The van der Waals surface area contributed by atoms with Gasteiger partial charge in [0.2, 0.25) is 9.74 Å². The number of aromatic nitrogens is 3. The third-order valence-corrected chi connectivity index (χ3v) is 5.76. The number of nitrogens with zero attached hydrogens (tertiary/aromatic N) is 3. The van der Waals surface area contributed by atoms with Crippen molar-refractivity contribution in [3.8, 4) is 11.4 Å². The molecule has 0 spiro atoms. The lowest BCUT2D eigenvalue weighted by molar-refractivity contribution is 0.310. The molecule has 1 aliphatic carbocycles. The van der Waals surface area contributed by atoms with Crippen LogP contribution in [0, 0.1) is 0 Å². The van der Waals surface area contributed by atoms with E-state index in [2.05, 4.69) is 20.3 Å². The van der Waals surface area contributed by atoms with Gasteiger partial charge in [-0.25, -0.2) is 4.98 Å². The lowest BCUT2D eigenvalue weighted by Gasteiger charge is -2.33. The number of rotatable bonds is 4. The molecule has 1 saturated carbocycles. The highest BCUT2D eigenvalue weighted by Gasteiger charge is 2.30. The number of alkyl halides is 3. The molecule has 1 aliphatic rings. The predicted molar refractivity (Wildman–Crippen MR) is 113 cm³/mol. The average molecular weight is 470 g/mol. The van der Waals surface area contributed by atoms with Crippen molar-refractivity contribution in [3.05, 3.63) is 34.1 Å². The van der Waals surface area contributed by atoms with Crippen LogP contribution in [0.4, 0.5) is 5.95 Å². The van der Waals surface area contributed by atoms with Crippen LogP contribution in [0.1, 0.15) is 37.9 Å². The number of nitrogens with two attached hydrogens (primary N) is 1. The Balaban J connectivity index is 1.92. The molecule has 0 aliphatic heterocycles. The maximum absolute atomic E-state index is 6.47. The minimum atomic E-state index is -1.80. The molecular weight excluding hydrogens is 451 g/mol. The maximum atomic E-state index is 6.47. The van der Waals surface area contributed by atoms with Crippen molar-refractivity contribution in [3.63, 3.8) is 0 Å². The molecule has 0 bridgehead atoms. The van der Waals surface area contributed by atoms with Gasteiger partial charge in [-0.1, -0.05) is 77.3 Å². The molecule has 27 heavy (non-hydrogen) atoms. The molecule has 3 rings (SSSR count). The van der Waals surface area contributed by atoms with E-state index in [1.54, 1.807) is 18.2 Å². The lowest BCUT2D eigenvalue weighted by Crippen LogP contribution is -2.47. The van der Waals surface area contributed by atoms with Gasteiger partial charge in [0.1, 0.15) is 0 Å². The zero-order valence-corrected chi connectivity index (χ0v) is 18.1. The monoisotopic (exact) mass is 467 g/mol. The van der Waals surface area contributed by atoms with Crippen LogP contribution in [0.25, 0.3) is 11.4 Å². The lowest BCUT2D eigenvalue weighted by atomic mass is 9.82. The summed E-state index contributed by atoms with van der Waals surface area (Å²) in [4.78, 5) is 12.9. The highest BCUT2D eigenvalue weighted by Crippen LogP contribution is 2.37. The van der Waals surface area contributed by atoms with E-state index < -0.39 is 3.79 Å². The van der Waals surface area contributed by atoms with Gasteiger partial charge >= 0.3 is 0 Å². The highest BCUT2D eigenvalue weighted by atomic mass is 35.6. The summed E-state index contributed by atoms with van der Waals surface area (Å²) in [5, 5.41) is 3.99. The second kappa shape index (κ2) is 8.44. The van der Waals surface area contributed by atoms with Crippen LogP contribution >= 0.6 is 58.0 Å². The quantitative estimate of drug-likeness (QED) is 0.558. The fraction of sp³-hybridized carbons (Fsp3) is 0.471. The number of hydrogen-bond donors (Lipinski definition) is 2. The molecule has 3 N–H and O–H groups in total. The fourth-order valence-corrected chi connectivity index (χ4v) is 3.59. The molecule has 0 saturated heterocycles. The van der Waals surface area contributed by atoms with E-state index in [0.717, 1.165) is 25.7 Å². The second-order valence-corrected chi connectivity index (χ2v) is 9.81. The van der Waals surface area contributed by atoms with Crippen LogP contribution < -0.4 is 11.1 Å². The first kappa shape index (κ1) is 21.2. The molecule has 2 aromatic rings. The van der Waals surface area contributed by atoms with Gasteiger partial charge in [0.25, 0.3) is 0 Å². The summed E-state index contributed by atoms with van der Waals surface area (Å²) in [5.41, 5.74) is 6.81. The predicted octanol–water partition coefficient (Wildman–Crippen LogP) is 5.75. The van der Waals surface area contributed by atoms with E-state index in [-0.39, 0.29) is 11.4 Å². The van der Waals surface area contributed by atoms with Crippen LogP contribution in [0.3, 0.4) is 0 Å². The Morgan fingerprint density at radius 3 is 2.33 bits per heavy atom. The van der Waals surface area contributed by atoms with Gasteiger partial charge in [-0.2, -0.15) is 9.97 Å². The Morgan fingerprint density at radius 2 is 1.70 bits per heavy atom. The summed E-state index contributed by atoms with van der Waals surface area (Å²) >= 11 is 30.1. The summed E-state index contributed by atoms with van der Waals surface area (Å²) in [7, 11) is 0. The van der Waals surface area contributed by atoms with Crippen molar-refractivity contribution < 1.29 is 0 Å². The first-order valence-electron chi connectivity index (χ1n) is 8.48. The van der Waals surface area contributed by atoms with E-state index in [4.69, 9.17) is 63.7 Å². The summed E-state index contributed by atoms with van der Waals surface area (Å²) < 4.78 is -1.80. The fourth-order valence-electron chi connectivity index (χ4n) is 3.03. The highest BCUT2D eigenvalue weighted by molar-refractivity contribution is 6.66. The zero-order valence-electron chi connectivity index (χ0n) is 14.3. The van der Waals surface area contributed by atoms with Crippen molar-refractivity contribution >= 4 is 64.0 Å². The Labute approximate surface area is 182 Å². The molecule has 0 radical (unpaired) electrons. The minimum absolute atomic E-state index is 0.0146. The van der Waals surface area contributed by atoms with Gasteiger partial charge in [-0.15, -0.1) is 0 Å². The summed E-state index contributed by atoms with van der Waals surface area (Å²) in [6, 6.07) is 5.04. The minimum Gasteiger partial charge on any atom is -0.352 e. The third-order valence-electron chi connectivity index (χ3n) is 4.51. The van der Waals surface area contributed by atoms with Gasteiger partial charge in [-0.3, -0.25) is 0 Å². The molecular formula is C17H18Cl5N5. The zero-order chi connectivity index (χ0) is 19.7. The number of benzene rings is 1. The number of hydrogen-bond acceptors (Lipinski definition) is 5. The van der Waals surface area contributed by atoms with Gasteiger partial charge in [-0.05, 0) is 31.0 Å². The van der Waals surface area contributed by atoms with Gasteiger partial charge in [0, 0.05) is 17.6 Å². The van der Waals surface area contributed by atoms with E-state index in [9.17, 15) is 0 Å². The molecule has 10 heteroatoms. The molecule has 1 fully saturated rings. The van der Waals surface area contributed by atoms with E-state index >= 15 is 0 Å². The number of halogens is 5. The van der Waals surface area contributed by atoms with E-state index in [0.29, 0.717) is 33.9 Å². The van der Waals surface area contributed by atoms with Crippen molar-refractivity contribution in [2.75, 3.05) is 11.9 Å². The molecule has 5 nitrogen and oxygen atoms in total. The molecule has 1 aromatic carbocycles. The van der Waals surface area contributed by atoms with Crippen molar-refractivity contribution in [2.45, 2.75) is 41.4 Å². The van der Waals surface area contributed by atoms with Crippen LogP contribution in [-0.4, -0.2) is 27.0 Å². The Hall–Kier alpha value is -0.560. The van der Waals surface area contributed by atoms with Gasteiger partial charge in [0.05, 0.1) is 10.0 Å². The van der Waals surface area contributed by atoms with E-state index in [1.165, 1.54) is 6.42 Å². The Morgan fingerprint density at radius 1 is 1.00 bits per heavy atom.